The van der Waals surface area contributed by atoms with Gasteiger partial charge in [0.25, 0.3) is 0 Å². The summed E-state index contributed by atoms with van der Waals surface area (Å²) in [7, 11) is 0. The molecule has 18 heavy (non-hydrogen) atoms. The third-order valence-electron chi connectivity index (χ3n) is 2.71. The molecule has 0 aromatic rings. The molecule has 0 unspecified atom stereocenters. The summed E-state index contributed by atoms with van der Waals surface area (Å²) >= 11 is 0. The maximum atomic E-state index is 4.00. The largest absolute Gasteiger partial charge is 0.386 e. The highest BCUT2D eigenvalue weighted by atomic mass is 14.9. The quantitative estimate of drug-likeness (QED) is 0.452. The SMILES string of the molecule is C=C(/C=C\C(=C/C)NCCCC)NCCC(C)C. The molecule has 0 radical (unpaired) electrons. The fourth-order valence-electron chi connectivity index (χ4n) is 1.44. The molecule has 0 aliphatic rings. The molecule has 0 bridgehead atoms. The van der Waals surface area contributed by atoms with Crippen molar-refractivity contribution in [1.29, 1.82) is 0 Å². The van der Waals surface area contributed by atoms with Gasteiger partial charge in [-0.1, -0.05) is 39.8 Å². The highest BCUT2D eigenvalue weighted by Gasteiger charge is 1.94. The van der Waals surface area contributed by atoms with Crippen molar-refractivity contribution in [2.75, 3.05) is 13.1 Å². The zero-order valence-corrected chi connectivity index (χ0v) is 12.6. The lowest BCUT2D eigenvalue weighted by Gasteiger charge is -2.09. The molecule has 0 rings (SSSR count). The molecule has 0 saturated heterocycles. The Morgan fingerprint density at radius 3 is 2.44 bits per heavy atom. The molecule has 0 aromatic carbocycles. The fourth-order valence-corrected chi connectivity index (χ4v) is 1.44. The number of nitrogens with one attached hydrogen (secondary N) is 2. The molecule has 0 aliphatic carbocycles. The van der Waals surface area contributed by atoms with E-state index in [2.05, 4.69) is 50.1 Å². The Balaban J connectivity index is 3.91. The monoisotopic (exact) mass is 250 g/mol. The molecule has 0 atom stereocenters. The Labute approximate surface area is 113 Å². The van der Waals surface area contributed by atoms with E-state index in [4.69, 9.17) is 0 Å². The minimum absolute atomic E-state index is 0.732. The molecular formula is C16H30N2. The zero-order chi connectivity index (χ0) is 13.8. The van der Waals surface area contributed by atoms with Crippen LogP contribution in [0.3, 0.4) is 0 Å². The summed E-state index contributed by atoms with van der Waals surface area (Å²) in [5, 5.41) is 6.73. The molecule has 0 amide bonds. The van der Waals surface area contributed by atoms with Gasteiger partial charge in [-0.05, 0) is 37.8 Å². The van der Waals surface area contributed by atoms with E-state index in [1.54, 1.807) is 0 Å². The normalized spacial score (nSPS) is 12.2. The summed E-state index contributed by atoms with van der Waals surface area (Å²) in [6.07, 6.45) is 9.82. The molecule has 0 spiro atoms. The van der Waals surface area contributed by atoms with E-state index in [0.29, 0.717) is 0 Å². The molecule has 0 heterocycles. The standard InChI is InChI=1S/C16H30N2/c1-6-8-12-18-16(7-2)10-9-15(5)17-13-11-14(3)4/h7,9-10,14,17-18H,5-6,8,11-13H2,1-4H3/b10-9-,16-7+. The smallest absolute Gasteiger partial charge is 0.0297 e. The van der Waals surface area contributed by atoms with Crippen molar-refractivity contribution in [3.8, 4) is 0 Å². The molecule has 0 aliphatic heterocycles. The van der Waals surface area contributed by atoms with Gasteiger partial charge >= 0.3 is 0 Å². The van der Waals surface area contributed by atoms with Gasteiger partial charge in [0.1, 0.15) is 0 Å². The van der Waals surface area contributed by atoms with Crippen LogP contribution in [0.5, 0.6) is 0 Å². The first-order valence-electron chi connectivity index (χ1n) is 7.11. The number of hydrogen-bond acceptors (Lipinski definition) is 2. The average molecular weight is 250 g/mol. The van der Waals surface area contributed by atoms with E-state index in [0.717, 1.165) is 30.4 Å². The van der Waals surface area contributed by atoms with Gasteiger partial charge < -0.3 is 10.6 Å². The van der Waals surface area contributed by atoms with Gasteiger partial charge in [0.15, 0.2) is 0 Å². The number of unbranched alkanes of at least 4 members (excludes halogenated alkanes) is 1. The van der Waals surface area contributed by atoms with E-state index in [1.807, 2.05) is 13.0 Å². The highest BCUT2D eigenvalue weighted by Crippen LogP contribution is 2.00. The van der Waals surface area contributed by atoms with Crippen LogP contribution < -0.4 is 10.6 Å². The van der Waals surface area contributed by atoms with Crippen LogP contribution in [0.25, 0.3) is 0 Å². The number of hydrogen-bond donors (Lipinski definition) is 2. The minimum Gasteiger partial charge on any atom is -0.386 e. The van der Waals surface area contributed by atoms with Crippen molar-refractivity contribution in [1.82, 2.24) is 10.6 Å². The van der Waals surface area contributed by atoms with Gasteiger partial charge in [-0.15, -0.1) is 0 Å². The first kappa shape index (κ1) is 16.8. The lowest BCUT2D eigenvalue weighted by Crippen LogP contribution is -2.15. The predicted octanol–water partition coefficient (Wildman–Crippen LogP) is 3.99. The van der Waals surface area contributed by atoms with Crippen LogP contribution in [0.4, 0.5) is 0 Å². The van der Waals surface area contributed by atoms with E-state index < -0.39 is 0 Å². The minimum atomic E-state index is 0.732. The molecule has 0 saturated carbocycles. The summed E-state index contributed by atoms with van der Waals surface area (Å²) in [5.74, 6) is 0.732. The third-order valence-corrected chi connectivity index (χ3v) is 2.71. The maximum Gasteiger partial charge on any atom is 0.0297 e. The van der Waals surface area contributed by atoms with Gasteiger partial charge in [0.2, 0.25) is 0 Å². The molecule has 0 fully saturated rings. The van der Waals surface area contributed by atoms with Crippen molar-refractivity contribution in [2.24, 2.45) is 5.92 Å². The Morgan fingerprint density at radius 2 is 1.89 bits per heavy atom. The second-order valence-electron chi connectivity index (χ2n) is 4.99. The first-order valence-corrected chi connectivity index (χ1v) is 7.11. The van der Waals surface area contributed by atoms with E-state index in [-0.39, 0.29) is 0 Å². The summed E-state index contributed by atoms with van der Waals surface area (Å²) in [6, 6.07) is 0. The van der Waals surface area contributed by atoms with Gasteiger partial charge in [0.05, 0.1) is 0 Å². The number of allylic oxidation sites excluding steroid dienone is 3. The van der Waals surface area contributed by atoms with Crippen molar-refractivity contribution in [2.45, 2.75) is 47.0 Å². The topological polar surface area (TPSA) is 24.1 Å². The van der Waals surface area contributed by atoms with Gasteiger partial charge in [-0.3, -0.25) is 0 Å². The Kier molecular flexibility index (Phi) is 10.2. The molecule has 2 heteroatoms. The third kappa shape index (κ3) is 10.0. The van der Waals surface area contributed by atoms with E-state index in [9.17, 15) is 0 Å². The first-order chi connectivity index (χ1) is 8.60. The lowest BCUT2D eigenvalue weighted by molar-refractivity contribution is 0.566. The Hall–Kier alpha value is -1.18. The zero-order valence-electron chi connectivity index (χ0n) is 12.6. The van der Waals surface area contributed by atoms with Gasteiger partial charge in [0, 0.05) is 24.5 Å². The van der Waals surface area contributed by atoms with Crippen molar-refractivity contribution in [3.05, 3.63) is 36.2 Å². The van der Waals surface area contributed by atoms with Gasteiger partial charge in [-0.2, -0.15) is 0 Å². The van der Waals surface area contributed by atoms with Gasteiger partial charge in [-0.25, -0.2) is 0 Å². The number of rotatable bonds is 10. The molecular weight excluding hydrogens is 220 g/mol. The highest BCUT2D eigenvalue weighted by molar-refractivity contribution is 5.23. The molecule has 2 nitrogen and oxygen atoms in total. The van der Waals surface area contributed by atoms with Crippen molar-refractivity contribution >= 4 is 0 Å². The van der Waals surface area contributed by atoms with Crippen LogP contribution in [0.15, 0.2) is 36.2 Å². The van der Waals surface area contributed by atoms with Crippen molar-refractivity contribution in [3.63, 3.8) is 0 Å². The van der Waals surface area contributed by atoms with Crippen LogP contribution >= 0.6 is 0 Å². The summed E-state index contributed by atoms with van der Waals surface area (Å²) in [6.45, 7) is 14.7. The molecule has 0 aromatic heterocycles. The average Bonchev–Trinajstić information content (AvgIpc) is 2.33. The Morgan fingerprint density at radius 1 is 1.17 bits per heavy atom. The predicted molar refractivity (Wildman–Crippen MR) is 82.4 cm³/mol. The molecule has 104 valence electrons. The van der Waals surface area contributed by atoms with E-state index in [1.165, 1.54) is 19.3 Å². The second kappa shape index (κ2) is 10.9. The second-order valence-corrected chi connectivity index (χ2v) is 4.99. The van der Waals surface area contributed by atoms with E-state index >= 15 is 0 Å². The summed E-state index contributed by atoms with van der Waals surface area (Å²) in [4.78, 5) is 0. The molecule has 2 N–H and O–H groups in total. The van der Waals surface area contributed by atoms with Crippen LogP contribution in [-0.4, -0.2) is 13.1 Å². The van der Waals surface area contributed by atoms with Crippen LogP contribution in [0.1, 0.15) is 47.0 Å². The summed E-state index contributed by atoms with van der Waals surface area (Å²) in [5.41, 5.74) is 2.14. The maximum absolute atomic E-state index is 4.00. The van der Waals surface area contributed by atoms with Crippen LogP contribution in [0, 0.1) is 5.92 Å². The fraction of sp³-hybridized carbons (Fsp3) is 0.625. The van der Waals surface area contributed by atoms with Crippen molar-refractivity contribution < 1.29 is 0 Å². The lowest BCUT2D eigenvalue weighted by atomic mass is 10.1. The Bertz CT molecular complexity index is 275. The van der Waals surface area contributed by atoms with Crippen LogP contribution in [-0.2, 0) is 0 Å². The summed E-state index contributed by atoms with van der Waals surface area (Å²) < 4.78 is 0. The van der Waals surface area contributed by atoms with Crippen LogP contribution in [0.2, 0.25) is 0 Å².